The van der Waals surface area contributed by atoms with Crippen LogP contribution in [0.4, 0.5) is 19.1 Å². The van der Waals surface area contributed by atoms with Gasteiger partial charge in [0.2, 0.25) is 5.95 Å². The number of aromatic nitrogens is 2. The van der Waals surface area contributed by atoms with Gasteiger partial charge in [0.05, 0.1) is 11.9 Å². The molecular weight excluding hydrogens is 415 g/mol. The van der Waals surface area contributed by atoms with E-state index in [0.717, 1.165) is 29.0 Å². The number of anilines is 1. The number of hydrogen-bond donors (Lipinski definition) is 0. The summed E-state index contributed by atoms with van der Waals surface area (Å²) in [6.07, 6.45) is 3.66. The maximum atomic E-state index is 14.0. The summed E-state index contributed by atoms with van der Waals surface area (Å²) in [5.41, 5.74) is 0.271. The Hall–Kier alpha value is -2.26. The summed E-state index contributed by atoms with van der Waals surface area (Å²) >= 11 is 1.01. The van der Waals surface area contributed by atoms with Crippen molar-refractivity contribution in [2.24, 2.45) is 0 Å². The fourth-order valence-electron chi connectivity index (χ4n) is 4.56. The topological polar surface area (TPSA) is 47.4 Å². The third-order valence-corrected chi connectivity index (χ3v) is 6.48. The Kier molecular flexibility index (Phi) is 5.01. The zero-order valence-corrected chi connectivity index (χ0v) is 17.9. The van der Waals surface area contributed by atoms with Crippen LogP contribution in [0, 0.1) is 0 Å². The Morgan fingerprint density at radius 1 is 1.37 bits per heavy atom. The molecule has 0 amide bonds. The number of halogens is 3. The number of ether oxygens (including phenoxy) is 1. The lowest BCUT2D eigenvalue weighted by Gasteiger charge is -2.42. The monoisotopic (exact) mass is 437 g/mol. The van der Waals surface area contributed by atoms with Crippen molar-refractivity contribution >= 4 is 28.5 Å². The number of hydrogen-bond acceptors (Lipinski definition) is 5. The van der Waals surface area contributed by atoms with Crippen molar-refractivity contribution in [3.8, 4) is 0 Å². The van der Waals surface area contributed by atoms with Crippen LogP contribution in [-0.4, -0.2) is 39.6 Å². The molecule has 30 heavy (non-hydrogen) atoms. The molecule has 5 nitrogen and oxygen atoms in total. The highest BCUT2D eigenvalue weighted by atomic mass is 32.2. The molecule has 2 unspecified atom stereocenters. The van der Waals surface area contributed by atoms with Crippen molar-refractivity contribution in [3.63, 3.8) is 0 Å². The number of rotatable bonds is 4. The quantitative estimate of drug-likeness (QED) is 0.486. The maximum Gasteiger partial charge on any atom is 0.431 e. The molecule has 4 rings (SSSR count). The van der Waals surface area contributed by atoms with E-state index in [2.05, 4.69) is 4.98 Å². The molecule has 1 aromatic rings. The molecule has 0 fully saturated rings. The predicted molar refractivity (Wildman–Crippen MR) is 110 cm³/mol. The van der Waals surface area contributed by atoms with Crippen molar-refractivity contribution < 1.29 is 22.7 Å². The van der Waals surface area contributed by atoms with E-state index < -0.39 is 17.4 Å². The molecule has 2 atom stereocenters. The van der Waals surface area contributed by atoms with Gasteiger partial charge in [-0.25, -0.2) is 4.98 Å². The molecule has 1 aliphatic carbocycles. The number of carbonyl (C=O) groups excluding carboxylic acids is 1. The Balaban J connectivity index is 1.97. The second kappa shape index (κ2) is 7.16. The van der Waals surface area contributed by atoms with Gasteiger partial charge < -0.3 is 4.74 Å². The van der Waals surface area contributed by atoms with Crippen LogP contribution in [0.2, 0.25) is 0 Å². The van der Waals surface area contributed by atoms with Gasteiger partial charge in [0.25, 0.3) is 0 Å². The SMILES string of the molecule is CCCC(=O)Sc1cnc2n1C1=C(C)C(OC)C(C)=CC13C=CC=C(C(F)(F)F)N23. The molecule has 1 aromatic heterocycles. The largest absolute Gasteiger partial charge is 0.431 e. The van der Waals surface area contributed by atoms with Gasteiger partial charge in [-0.1, -0.05) is 13.0 Å². The zero-order chi connectivity index (χ0) is 21.8. The van der Waals surface area contributed by atoms with Crippen molar-refractivity contribution in [1.82, 2.24) is 9.55 Å². The summed E-state index contributed by atoms with van der Waals surface area (Å²) in [6.45, 7) is 5.61. The molecule has 3 aliphatic rings. The minimum absolute atomic E-state index is 0.0506. The minimum Gasteiger partial charge on any atom is -0.373 e. The lowest BCUT2D eigenvalue weighted by molar-refractivity contribution is -0.111. The summed E-state index contributed by atoms with van der Waals surface area (Å²) in [5, 5.41) is 0.453. The van der Waals surface area contributed by atoms with Gasteiger partial charge in [0.15, 0.2) is 5.12 Å². The normalized spacial score (nSPS) is 25.0. The first-order chi connectivity index (χ1) is 14.2. The Morgan fingerprint density at radius 3 is 2.73 bits per heavy atom. The Morgan fingerprint density at radius 2 is 2.10 bits per heavy atom. The molecular formula is C21H22F3N3O2S. The van der Waals surface area contributed by atoms with E-state index in [1.54, 1.807) is 23.8 Å². The van der Waals surface area contributed by atoms with Gasteiger partial charge >= 0.3 is 6.18 Å². The molecule has 0 radical (unpaired) electrons. The van der Waals surface area contributed by atoms with E-state index in [0.29, 0.717) is 23.6 Å². The van der Waals surface area contributed by atoms with Crippen molar-refractivity contribution in [1.29, 1.82) is 0 Å². The Bertz CT molecular complexity index is 1030. The van der Waals surface area contributed by atoms with Crippen molar-refractivity contribution in [2.75, 3.05) is 12.0 Å². The van der Waals surface area contributed by atoms with Crippen LogP contribution < -0.4 is 4.90 Å². The first-order valence-electron chi connectivity index (χ1n) is 9.64. The standard InChI is InChI=1S/C21H22F3N3O2S/c1-5-7-16(28)30-15-11-25-19-26(15)18-13(3)17(29-4)12(2)10-20(18)9-6-8-14(27(19)20)21(22,23)24/h6,8-11,17H,5,7H2,1-4H3. The van der Waals surface area contributed by atoms with Crippen LogP contribution in [0.5, 0.6) is 0 Å². The van der Waals surface area contributed by atoms with Crippen LogP contribution in [0.15, 0.2) is 52.4 Å². The van der Waals surface area contributed by atoms with Gasteiger partial charge in [-0.05, 0) is 61.4 Å². The number of fused-ring (bicyclic) bond motifs is 3. The van der Waals surface area contributed by atoms with E-state index in [1.165, 1.54) is 17.2 Å². The van der Waals surface area contributed by atoms with E-state index in [1.807, 2.05) is 20.8 Å². The van der Waals surface area contributed by atoms with E-state index in [4.69, 9.17) is 4.74 Å². The molecule has 0 bridgehead atoms. The average Bonchev–Trinajstić information content (AvgIpc) is 3.16. The number of nitrogens with zero attached hydrogens (tertiary/aromatic N) is 3. The van der Waals surface area contributed by atoms with Gasteiger partial charge in [0, 0.05) is 13.5 Å². The number of allylic oxidation sites excluding steroid dienone is 3. The first kappa shape index (κ1) is 21.0. The van der Waals surface area contributed by atoms with Crippen molar-refractivity contribution in [2.45, 2.75) is 56.5 Å². The van der Waals surface area contributed by atoms with Gasteiger partial charge in [-0.15, -0.1) is 0 Å². The molecule has 3 heterocycles. The highest BCUT2D eigenvalue weighted by molar-refractivity contribution is 8.13. The number of methoxy groups -OCH3 is 1. The van der Waals surface area contributed by atoms with Crippen molar-refractivity contribution in [3.05, 3.63) is 47.3 Å². The molecule has 0 N–H and O–H groups in total. The van der Waals surface area contributed by atoms with Crippen LogP contribution in [0.25, 0.3) is 5.70 Å². The fourth-order valence-corrected chi connectivity index (χ4v) is 5.46. The van der Waals surface area contributed by atoms with Crippen LogP contribution in [0.3, 0.4) is 0 Å². The summed E-state index contributed by atoms with van der Waals surface area (Å²) in [5.74, 6) is 0.143. The van der Waals surface area contributed by atoms with Crippen LogP contribution in [0.1, 0.15) is 33.6 Å². The molecule has 0 aromatic carbocycles. The highest BCUT2D eigenvalue weighted by Gasteiger charge is 2.57. The second-order valence-corrected chi connectivity index (χ2v) is 8.64. The third-order valence-electron chi connectivity index (χ3n) is 5.56. The van der Waals surface area contributed by atoms with Crippen LogP contribution >= 0.6 is 11.8 Å². The summed E-state index contributed by atoms with van der Waals surface area (Å²) in [7, 11) is 1.57. The number of thioether (sulfide) groups is 1. The lowest BCUT2D eigenvalue weighted by Crippen LogP contribution is -2.50. The molecule has 2 aliphatic heterocycles. The summed E-state index contributed by atoms with van der Waals surface area (Å²) in [4.78, 5) is 17.9. The fraction of sp³-hybridized carbons (Fsp3) is 0.429. The number of alkyl halides is 3. The first-order valence-corrected chi connectivity index (χ1v) is 10.5. The van der Waals surface area contributed by atoms with Crippen LogP contribution in [-0.2, 0) is 9.53 Å². The summed E-state index contributed by atoms with van der Waals surface area (Å²) in [6, 6.07) is 0. The minimum atomic E-state index is -4.57. The average molecular weight is 437 g/mol. The second-order valence-electron chi connectivity index (χ2n) is 7.56. The number of imidazole rings is 1. The van der Waals surface area contributed by atoms with Gasteiger partial charge in [-0.3, -0.25) is 14.3 Å². The molecule has 1 spiro atoms. The summed E-state index contributed by atoms with van der Waals surface area (Å²) < 4.78 is 49.3. The molecule has 0 saturated carbocycles. The third kappa shape index (κ3) is 2.90. The molecule has 0 saturated heterocycles. The smallest absolute Gasteiger partial charge is 0.373 e. The molecule has 160 valence electrons. The van der Waals surface area contributed by atoms with E-state index >= 15 is 0 Å². The number of carbonyl (C=O) groups is 1. The Labute approximate surface area is 177 Å². The zero-order valence-electron chi connectivity index (χ0n) is 17.1. The maximum absolute atomic E-state index is 14.0. The van der Waals surface area contributed by atoms with E-state index in [9.17, 15) is 18.0 Å². The lowest BCUT2D eigenvalue weighted by atomic mass is 9.79. The predicted octanol–water partition coefficient (Wildman–Crippen LogP) is 5.08. The highest BCUT2D eigenvalue weighted by Crippen LogP contribution is 2.55. The van der Waals surface area contributed by atoms with Gasteiger partial charge in [-0.2, -0.15) is 13.2 Å². The molecule has 9 heteroatoms. The van der Waals surface area contributed by atoms with E-state index in [-0.39, 0.29) is 17.2 Å². The van der Waals surface area contributed by atoms with Gasteiger partial charge in [0.1, 0.15) is 22.4 Å².